The fourth-order valence-electron chi connectivity index (χ4n) is 7.98. The van der Waals surface area contributed by atoms with Crippen LogP contribution in [0.5, 0.6) is 0 Å². The van der Waals surface area contributed by atoms with E-state index in [0.717, 1.165) is 40.1 Å². The van der Waals surface area contributed by atoms with Gasteiger partial charge in [0.1, 0.15) is 0 Å². The lowest BCUT2D eigenvalue weighted by atomic mass is 9.66. The first kappa shape index (κ1) is 29.7. The maximum Gasteiger partial charge on any atom is 0.0720 e. The molecule has 1 heterocycles. The minimum atomic E-state index is -0.505. The standard InChI is InChI=1S/C49H35N/c1-35-28-29-39(38-19-8-3-9-20-38)34-50(42-25-14-18-37(31-42)30-36-16-6-2-7-17-36)48-33-47-45(32-44(35)48)43-26-15-27-46(43)49(47,40-21-10-4-11-22-40)41-23-12-5-13-24-41/h2-14,16-29,31-34H,1,30H2/b29-28-,39-34+. The Labute approximate surface area is 294 Å². The van der Waals surface area contributed by atoms with Crippen molar-refractivity contribution in [3.05, 3.63) is 251 Å². The van der Waals surface area contributed by atoms with Gasteiger partial charge in [-0.05, 0) is 104 Å². The van der Waals surface area contributed by atoms with Gasteiger partial charge in [-0.1, -0.05) is 152 Å². The summed E-state index contributed by atoms with van der Waals surface area (Å²) in [7, 11) is 0. The zero-order valence-corrected chi connectivity index (χ0v) is 27.8. The van der Waals surface area contributed by atoms with Crippen LogP contribution in [0, 0.1) is 0 Å². The lowest BCUT2D eigenvalue weighted by Gasteiger charge is -2.36. The van der Waals surface area contributed by atoms with Crippen LogP contribution in [0.15, 0.2) is 206 Å². The van der Waals surface area contributed by atoms with Crippen molar-refractivity contribution in [1.29, 1.82) is 0 Å². The highest BCUT2D eigenvalue weighted by Crippen LogP contribution is 2.58. The van der Waals surface area contributed by atoms with Gasteiger partial charge in [-0.15, -0.1) is 5.73 Å². The molecule has 0 bridgehead atoms. The molecule has 1 nitrogen and oxygen atoms in total. The quantitative estimate of drug-likeness (QED) is 0.164. The van der Waals surface area contributed by atoms with Gasteiger partial charge in [-0.25, -0.2) is 0 Å². The number of fused-ring (bicyclic) bond motifs is 3. The summed E-state index contributed by atoms with van der Waals surface area (Å²) in [6.45, 7) is 4.66. The van der Waals surface area contributed by atoms with Crippen LogP contribution >= 0.6 is 0 Å². The molecule has 6 aromatic carbocycles. The summed E-state index contributed by atoms with van der Waals surface area (Å²) in [6.07, 6.45) is 11.9. The molecule has 0 fully saturated rings. The molecule has 6 aromatic rings. The molecule has 0 saturated carbocycles. The van der Waals surface area contributed by atoms with Crippen molar-refractivity contribution >= 4 is 28.1 Å². The summed E-state index contributed by atoms with van der Waals surface area (Å²) in [5.41, 5.74) is 19.6. The van der Waals surface area contributed by atoms with Crippen molar-refractivity contribution in [2.24, 2.45) is 0 Å². The normalized spacial score (nSPS) is 17.0. The molecule has 0 atom stereocenters. The monoisotopic (exact) mass is 637 g/mol. The SMILES string of the molecule is C=C1/C=C\C(c2ccccc2)=C/N(c2cccc(Cc3ccccc3)c2)c2cc3c(cc21)C1=C(C=C=C1)C3(c1ccccc1)c1ccccc1. The predicted octanol–water partition coefficient (Wildman–Crippen LogP) is 11.9. The van der Waals surface area contributed by atoms with Crippen LogP contribution < -0.4 is 4.90 Å². The summed E-state index contributed by atoms with van der Waals surface area (Å²) in [5, 5.41) is 0. The Hall–Kier alpha value is -6.40. The van der Waals surface area contributed by atoms with Crippen molar-refractivity contribution in [3.63, 3.8) is 0 Å². The average Bonchev–Trinajstić information content (AvgIpc) is 3.76. The van der Waals surface area contributed by atoms with Crippen LogP contribution in [0.1, 0.15) is 44.5 Å². The van der Waals surface area contributed by atoms with E-state index in [1.54, 1.807) is 0 Å². The maximum absolute atomic E-state index is 4.66. The number of rotatable bonds is 6. The fourth-order valence-corrected chi connectivity index (χ4v) is 7.98. The minimum Gasteiger partial charge on any atom is -0.316 e. The van der Waals surface area contributed by atoms with Crippen molar-refractivity contribution in [2.75, 3.05) is 4.90 Å². The third kappa shape index (κ3) is 4.88. The number of nitrogens with zero attached hydrogens (tertiary/aromatic N) is 1. The Morgan fingerprint density at radius 2 is 1.22 bits per heavy atom. The lowest BCUT2D eigenvalue weighted by molar-refractivity contribution is 0.762. The van der Waals surface area contributed by atoms with Gasteiger partial charge in [0.2, 0.25) is 0 Å². The average molecular weight is 638 g/mol. The molecule has 0 unspecified atom stereocenters. The number of anilines is 2. The minimum absolute atomic E-state index is 0.505. The van der Waals surface area contributed by atoms with Gasteiger partial charge in [0, 0.05) is 17.5 Å². The van der Waals surface area contributed by atoms with Gasteiger partial charge in [0.15, 0.2) is 0 Å². The molecule has 1 aliphatic heterocycles. The van der Waals surface area contributed by atoms with E-state index in [1.807, 2.05) is 0 Å². The molecule has 50 heavy (non-hydrogen) atoms. The molecule has 1 heteroatoms. The summed E-state index contributed by atoms with van der Waals surface area (Å²) >= 11 is 0. The largest absolute Gasteiger partial charge is 0.316 e. The van der Waals surface area contributed by atoms with E-state index in [-0.39, 0.29) is 0 Å². The van der Waals surface area contributed by atoms with Gasteiger partial charge < -0.3 is 4.90 Å². The molecule has 9 rings (SSSR count). The summed E-state index contributed by atoms with van der Waals surface area (Å²) < 4.78 is 0. The second-order valence-corrected chi connectivity index (χ2v) is 13.2. The van der Waals surface area contributed by atoms with Crippen LogP contribution in [-0.2, 0) is 11.8 Å². The first-order valence-corrected chi connectivity index (χ1v) is 17.2. The summed E-state index contributed by atoms with van der Waals surface area (Å²) in [6, 6.07) is 57.1. The van der Waals surface area contributed by atoms with E-state index in [4.69, 9.17) is 0 Å². The Morgan fingerprint density at radius 1 is 0.580 bits per heavy atom. The van der Waals surface area contributed by atoms with Crippen LogP contribution in [-0.4, -0.2) is 0 Å². The molecule has 0 N–H and O–H groups in total. The van der Waals surface area contributed by atoms with Crippen molar-refractivity contribution in [2.45, 2.75) is 11.8 Å². The molecule has 0 amide bonds. The van der Waals surface area contributed by atoms with Crippen LogP contribution in [0.25, 0.3) is 16.7 Å². The molecular weight excluding hydrogens is 603 g/mol. The van der Waals surface area contributed by atoms with Crippen molar-refractivity contribution < 1.29 is 0 Å². The number of hydrogen-bond acceptors (Lipinski definition) is 1. The number of allylic oxidation sites excluding steroid dienone is 7. The van der Waals surface area contributed by atoms with Crippen LogP contribution in [0.2, 0.25) is 0 Å². The highest BCUT2D eigenvalue weighted by Gasteiger charge is 2.48. The zero-order valence-electron chi connectivity index (χ0n) is 27.8. The van der Waals surface area contributed by atoms with Gasteiger partial charge in [-0.3, -0.25) is 0 Å². The Morgan fingerprint density at radius 3 is 1.92 bits per heavy atom. The molecule has 236 valence electrons. The van der Waals surface area contributed by atoms with E-state index in [2.05, 4.69) is 205 Å². The third-order valence-electron chi connectivity index (χ3n) is 10.3. The van der Waals surface area contributed by atoms with Gasteiger partial charge in [0.05, 0.1) is 11.1 Å². The van der Waals surface area contributed by atoms with E-state index in [0.29, 0.717) is 0 Å². The second-order valence-electron chi connectivity index (χ2n) is 13.2. The molecule has 0 aromatic heterocycles. The van der Waals surface area contributed by atoms with Crippen LogP contribution in [0.3, 0.4) is 0 Å². The number of hydrogen-bond donors (Lipinski definition) is 0. The molecule has 0 radical (unpaired) electrons. The van der Waals surface area contributed by atoms with E-state index >= 15 is 0 Å². The Bertz CT molecular complexity index is 2380. The third-order valence-corrected chi connectivity index (χ3v) is 10.3. The highest BCUT2D eigenvalue weighted by atomic mass is 15.1. The van der Waals surface area contributed by atoms with E-state index < -0.39 is 5.41 Å². The molecule has 2 aliphatic carbocycles. The smallest absolute Gasteiger partial charge is 0.0720 e. The van der Waals surface area contributed by atoms with Gasteiger partial charge in [-0.2, -0.15) is 0 Å². The first-order valence-electron chi connectivity index (χ1n) is 17.2. The Kier molecular flexibility index (Phi) is 7.28. The van der Waals surface area contributed by atoms with Gasteiger partial charge in [0.25, 0.3) is 0 Å². The number of benzene rings is 6. The first-order chi connectivity index (χ1) is 24.7. The Balaban J connectivity index is 1.32. The van der Waals surface area contributed by atoms with Crippen LogP contribution in [0.4, 0.5) is 11.4 Å². The topological polar surface area (TPSA) is 3.24 Å². The highest BCUT2D eigenvalue weighted by molar-refractivity contribution is 5.99. The lowest BCUT2D eigenvalue weighted by Crippen LogP contribution is -2.29. The molecule has 3 aliphatic rings. The maximum atomic E-state index is 4.66. The summed E-state index contributed by atoms with van der Waals surface area (Å²) in [5.74, 6) is 0. The second kappa shape index (κ2) is 12.2. The predicted molar refractivity (Wildman–Crippen MR) is 209 cm³/mol. The van der Waals surface area contributed by atoms with E-state index in [9.17, 15) is 0 Å². The summed E-state index contributed by atoms with van der Waals surface area (Å²) in [4.78, 5) is 2.39. The van der Waals surface area contributed by atoms with Crippen molar-refractivity contribution in [3.8, 4) is 0 Å². The molecule has 0 saturated heterocycles. The zero-order chi connectivity index (χ0) is 33.5. The fraction of sp³-hybridized carbons (Fsp3) is 0.0408. The van der Waals surface area contributed by atoms with Crippen molar-refractivity contribution in [1.82, 2.24) is 0 Å². The molecule has 0 spiro atoms. The van der Waals surface area contributed by atoms with Gasteiger partial charge >= 0.3 is 0 Å². The van der Waals surface area contributed by atoms with E-state index in [1.165, 1.54) is 44.5 Å². The molecular formula is C49H35N.